The predicted octanol–water partition coefficient (Wildman–Crippen LogP) is 3.73. The summed E-state index contributed by atoms with van der Waals surface area (Å²) >= 11 is 0. The molecule has 33 heavy (non-hydrogen) atoms. The normalized spacial score (nSPS) is 11.7. The van der Waals surface area contributed by atoms with E-state index >= 15 is 0 Å². The third-order valence-corrected chi connectivity index (χ3v) is 7.93. The van der Waals surface area contributed by atoms with E-state index in [-0.39, 0.29) is 9.79 Å². The van der Waals surface area contributed by atoms with Gasteiger partial charge < -0.3 is 9.80 Å². The predicted molar refractivity (Wildman–Crippen MR) is 134 cm³/mol. The molecule has 0 amide bonds. The van der Waals surface area contributed by atoms with Gasteiger partial charge in [-0.3, -0.25) is 9.44 Å². The average molecular weight is 489 g/mol. The van der Waals surface area contributed by atoms with Gasteiger partial charge in [-0.1, -0.05) is 6.07 Å². The molecule has 176 valence electrons. The van der Waals surface area contributed by atoms with Crippen molar-refractivity contribution in [3.8, 4) is 0 Å². The molecule has 0 unspecified atom stereocenters. The number of aryl methyl sites for hydroxylation is 1. The van der Waals surface area contributed by atoms with Crippen molar-refractivity contribution in [3.05, 3.63) is 72.3 Å². The molecule has 0 fully saturated rings. The van der Waals surface area contributed by atoms with Crippen LogP contribution >= 0.6 is 0 Å². The lowest BCUT2D eigenvalue weighted by atomic mass is 10.2. The maximum Gasteiger partial charge on any atom is 0.262 e. The lowest BCUT2D eigenvalue weighted by Crippen LogP contribution is -2.17. The van der Waals surface area contributed by atoms with Crippen LogP contribution in [0.1, 0.15) is 5.56 Å². The fourth-order valence-corrected chi connectivity index (χ4v) is 5.61. The first-order chi connectivity index (χ1) is 15.4. The molecular weight excluding hydrogens is 460 g/mol. The van der Waals surface area contributed by atoms with Crippen LogP contribution in [0, 0.1) is 6.92 Å². The summed E-state index contributed by atoms with van der Waals surface area (Å²) in [7, 11) is -0.455. The van der Waals surface area contributed by atoms with Gasteiger partial charge in [-0.15, -0.1) is 0 Å². The Bertz CT molecular complexity index is 1330. The molecule has 0 heterocycles. The minimum absolute atomic E-state index is 0.106. The van der Waals surface area contributed by atoms with Crippen LogP contribution in [0.15, 0.2) is 76.5 Å². The summed E-state index contributed by atoms with van der Waals surface area (Å²) in [5.41, 5.74) is 3.04. The number of benzene rings is 3. The molecule has 0 aliphatic carbocycles. The highest BCUT2D eigenvalue weighted by Crippen LogP contribution is 2.26. The Morgan fingerprint density at radius 2 is 1.03 bits per heavy atom. The zero-order chi connectivity index (χ0) is 24.4. The number of rotatable bonds is 8. The van der Waals surface area contributed by atoms with Gasteiger partial charge in [0, 0.05) is 50.9 Å². The standard InChI is InChI=1S/C23H28N4O4S2/c1-17-6-15-22(32(28,29)24-18-7-11-20(12-8-18)26(2)3)16-23(17)33(30,31)25-19-9-13-21(14-10-19)27(4)5/h6-16,24-25H,1-5H3. The van der Waals surface area contributed by atoms with Crippen LogP contribution in [0.2, 0.25) is 0 Å². The average Bonchev–Trinajstić information content (AvgIpc) is 2.74. The van der Waals surface area contributed by atoms with E-state index in [1.165, 1.54) is 18.2 Å². The third-order valence-electron chi connectivity index (χ3n) is 5.03. The smallest absolute Gasteiger partial charge is 0.262 e. The Labute approximate surface area is 196 Å². The Morgan fingerprint density at radius 3 is 1.45 bits per heavy atom. The summed E-state index contributed by atoms with van der Waals surface area (Å²) in [6.45, 7) is 1.62. The highest BCUT2D eigenvalue weighted by atomic mass is 32.2. The van der Waals surface area contributed by atoms with Gasteiger partial charge in [0.15, 0.2) is 0 Å². The fraction of sp³-hybridized carbons (Fsp3) is 0.217. The second-order valence-electron chi connectivity index (χ2n) is 8.02. The van der Waals surface area contributed by atoms with Gasteiger partial charge in [-0.2, -0.15) is 0 Å². The van der Waals surface area contributed by atoms with Crippen LogP contribution in [0.4, 0.5) is 22.7 Å². The molecule has 3 rings (SSSR count). The first kappa shape index (κ1) is 24.4. The van der Waals surface area contributed by atoms with Crippen molar-refractivity contribution < 1.29 is 16.8 Å². The van der Waals surface area contributed by atoms with E-state index in [2.05, 4.69) is 9.44 Å². The minimum Gasteiger partial charge on any atom is -0.378 e. The Kier molecular flexibility index (Phi) is 6.89. The van der Waals surface area contributed by atoms with Gasteiger partial charge in [0.25, 0.3) is 20.0 Å². The first-order valence-corrected chi connectivity index (χ1v) is 13.1. The molecule has 0 atom stereocenters. The van der Waals surface area contributed by atoms with Crippen LogP contribution in [0.25, 0.3) is 0 Å². The molecule has 8 nitrogen and oxygen atoms in total. The number of nitrogens with one attached hydrogen (secondary N) is 2. The molecule has 0 radical (unpaired) electrons. The SMILES string of the molecule is Cc1ccc(S(=O)(=O)Nc2ccc(N(C)C)cc2)cc1S(=O)(=O)Nc1ccc(N(C)C)cc1. The van der Waals surface area contributed by atoms with Crippen LogP contribution in [-0.4, -0.2) is 45.0 Å². The summed E-state index contributed by atoms with van der Waals surface area (Å²) < 4.78 is 57.0. The minimum atomic E-state index is -4.01. The molecular formula is C23H28N4O4S2. The molecule has 0 aromatic heterocycles. The zero-order valence-corrected chi connectivity index (χ0v) is 20.8. The maximum atomic E-state index is 13.0. The molecule has 3 aromatic rings. The fourth-order valence-electron chi connectivity index (χ4n) is 3.12. The zero-order valence-electron chi connectivity index (χ0n) is 19.2. The lowest BCUT2D eigenvalue weighted by Gasteiger charge is -2.15. The van der Waals surface area contributed by atoms with Gasteiger partial charge in [0.1, 0.15) is 0 Å². The maximum absolute atomic E-state index is 13.0. The van der Waals surface area contributed by atoms with E-state index in [0.717, 1.165) is 11.4 Å². The second kappa shape index (κ2) is 9.32. The second-order valence-corrected chi connectivity index (χ2v) is 11.4. The first-order valence-electron chi connectivity index (χ1n) is 10.1. The summed E-state index contributed by atoms with van der Waals surface area (Å²) in [6, 6.07) is 17.8. The molecule has 0 aliphatic heterocycles. The number of anilines is 4. The van der Waals surface area contributed by atoms with Crippen molar-refractivity contribution >= 4 is 42.8 Å². The van der Waals surface area contributed by atoms with Crippen LogP contribution in [0.3, 0.4) is 0 Å². The molecule has 0 saturated carbocycles. The van der Waals surface area contributed by atoms with E-state index < -0.39 is 20.0 Å². The molecule has 2 N–H and O–H groups in total. The number of sulfonamides is 2. The number of hydrogen-bond donors (Lipinski definition) is 2. The number of nitrogens with zero attached hydrogens (tertiary/aromatic N) is 2. The van der Waals surface area contributed by atoms with E-state index in [9.17, 15) is 16.8 Å². The van der Waals surface area contributed by atoms with E-state index in [1.54, 1.807) is 55.5 Å². The number of hydrogen-bond acceptors (Lipinski definition) is 6. The monoisotopic (exact) mass is 488 g/mol. The van der Waals surface area contributed by atoms with Gasteiger partial charge in [0.05, 0.1) is 9.79 Å². The van der Waals surface area contributed by atoms with Gasteiger partial charge in [0.2, 0.25) is 0 Å². The Morgan fingerprint density at radius 1 is 0.606 bits per heavy atom. The van der Waals surface area contributed by atoms with E-state index in [0.29, 0.717) is 16.9 Å². The van der Waals surface area contributed by atoms with Crippen LogP contribution < -0.4 is 19.2 Å². The van der Waals surface area contributed by atoms with Gasteiger partial charge in [-0.05, 0) is 73.2 Å². The molecule has 10 heteroatoms. The molecule has 0 aliphatic rings. The summed E-state index contributed by atoms with van der Waals surface area (Å²) in [5.74, 6) is 0. The van der Waals surface area contributed by atoms with Crippen molar-refractivity contribution in [2.24, 2.45) is 0 Å². The summed E-state index contributed by atoms with van der Waals surface area (Å²) in [4.78, 5) is 3.55. The largest absolute Gasteiger partial charge is 0.378 e. The Hall–Kier alpha value is -3.24. The van der Waals surface area contributed by atoms with E-state index in [4.69, 9.17) is 0 Å². The van der Waals surface area contributed by atoms with Crippen molar-refractivity contribution in [1.29, 1.82) is 0 Å². The van der Waals surface area contributed by atoms with E-state index in [1.807, 2.05) is 38.0 Å². The van der Waals surface area contributed by atoms with Crippen molar-refractivity contribution in [3.63, 3.8) is 0 Å². The third kappa shape index (κ3) is 5.77. The molecule has 0 spiro atoms. The quantitative estimate of drug-likeness (QED) is 0.501. The highest BCUT2D eigenvalue weighted by molar-refractivity contribution is 7.93. The topological polar surface area (TPSA) is 98.8 Å². The van der Waals surface area contributed by atoms with Crippen molar-refractivity contribution in [2.75, 3.05) is 47.4 Å². The van der Waals surface area contributed by atoms with Crippen molar-refractivity contribution in [1.82, 2.24) is 0 Å². The lowest BCUT2D eigenvalue weighted by molar-refractivity contribution is 0.599. The summed E-state index contributed by atoms with van der Waals surface area (Å²) in [5, 5.41) is 0. The molecule has 3 aromatic carbocycles. The summed E-state index contributed by atoms with van der Waals surface area (Å²) in [6.07, 6.45) is 0. The van der Waals surface area contributed by atoms with Crippen molar-refractivity contribution in [2.45, 2.75) is 16.7 Å². The highest BCUT2D eigenvalue weighted by Gasteiger charge is 2.22. The van der Waals surface area contributed by atoms with Crippen LogP contribution in [-0.2, 0) is 20.0 Å². The molecule has 0 saturated heterocycles. The Balaban J connectivity index is 1.88. The van der Waals surface area contributed by atoms with Gasteiger partial charge in [-0.25, -0.2) is 16.8 Å². The van der Waals surface area contributed by atoms with Gasteiger partial charge >= 0.3 is 0 Å². The van der Waals surface area contributed by atoms with Crippen LogP contribution in [0.5, 0.6) is 0 Å². The molecule has 0 bridgehead atoms.